The van der Waals surface area contributed by atoms with Crippen molar-refractivity contribution in [1.82, 2.24) is 0 Å². The normalized spacial score (nSPS) is 41.9. The third-order valence-corrected chi connectivity index (χ3v) is 5.07. The lowest BCUT2D eigenvalue weighted by Gasteiger charge is -2.46. The number of nitriles is 1. The predicted octanol–water partition coefficient (Wildman–Crippen LogP) is 3.03. The first-order chi connectivity index (χ1) is 8.66. The zero-order valence-electron chi connectivity index (χ0n) is 11.5. The fourth-order valence-corrected chi connectivity index (χ4v) is 3.78. The molecule has 0 bridgehead atoms. The van der Waals surface area contributed by atoms with Gasteiger partial charge in [0, 0.05) is 19.6 Å². The molecular weight excluding hydrogens is 226 g/mol. The molecule has 2 fully saturated rings. The van der Waals surface area contributed by atoms with Gasteiger partial charge >= 0.3 is 0 Å². The van der Waals surface area contributed by atoms with Crippen LogP contribution in [0.2, 0.25) is 0 Å². The van der Waals surface area contributed by atoms with Crippen molar-refractivity contribution in [2.24, 2.45) is 11.3 Å². The van der Waals surface area contributed by atoms with Gasteiger partial charge in [0.25, 0.3) is 0 Å². The molecule has 1 aliphatic carbocycles. The average molecular weight is 251 g/mol. The van der Waals surface area contributed by atoms with E-state index in [0.29, 0.717) is 18.9 Å². The largest absolute Gasteiger partial charge is 0.388 e. The molecule has 0 aromatic carbocycles. The van der Waals surface area contributed by atoms with Crippen LogP contribution in [0.25, 0.3) is 0 Å². The van der Waals surface area contributed by atoms with Crippen LogP contribution in [0, 0.1) is 22.7 Å². The second-order valence-corrected chi connectivity index (χ2v) is 6.06. The van der Waals surface area contributed by atoms with E-state index in [0.717, 1.165) is 45.1 Å². The standard InChI is InChI=1S/C15H25NO2/c1-2-13-5-3-6-14(11-13,12-16)15(17)7-4-9-18-10-8-15/h13,17H,2-11H2,1H3. The van der Waals surface area contributed by atoms with Crippen LogP contribution in [-0.4, -0.2) is 23.9 Å². The van der Waals surface area contributed by atoms with Crippen molar-refractivity contribution in [3.63, 3.8) is 0 Å². The predicted molar refractivity (Wildman–Crippen MR) is 69.9 cm³/mol. The van der Waals surface area contributed by atoms with E-state index < -0.39 is 11.0 Å². The Morgan fingerprint density at radius 2 is 2.11 bits per heavy atom. The van der Waals surface area contributed by atoms with E-state index in [4.69, 9.17) is 4.74 Å². The molecule has 1 saturated carbocycles. The summed E-state index contributed by atoms with van der Waals surface area (Å²) in [6.45, 7) is 3.51. The van der Waals surface area contributed by atoms with Crippen LogP contribution in [0.15, 0.2) is 0 Å². The first-order valence-corrected chi connectivity index (χ1v) is 7.37. The molecule has 0 aromatic rings. The van der Waals surface area contributed by atoms with E-state index in [1.165, 1.54) is 6.42 Å². The quantitative estimate of drug-likeness (QED) is 0.820. The van der Waals surface area contributed by atoms with Gasteiger partial charge in [-0.2, -0.15) is 5.26 Å². The summed E-state index contributed by atoms with van der Waals surface area (Å²) in [5, 5.41) is 20.8. The van der Waals surface area contributed by atoms with Crippen LogP contribution >= 0.6 is 0 Å². The minimum atomic E-state index is -0.827. The van der Waals surface area contributed by atoms with Gasteiger partial charge in [0.15, 0.2) is 0 Å². The fourth-order valence-electron chi connectivity index (χ4n) is 3.78. The van der Waals surface area contributed by atoms with Crippen molar-refractivity contribution in [3.05, 3.63) is 0 Å². The van der Waals surface area contributed by atoms with Crippen molar-refractivity contribution in [3.8, 4) is 6.07 Å². The summed E-state index contributed by atoms with van der Waals surface area (Å²) in [6.07, 6.45) is 7.36. The zero-order chi connectivity index (χ0) is 13.1. The van der Waals surface area contributed by atoms with Crippen LogP contribution in [0.3, 0.4) is 0 Å². The number of ether oxygens (including phenoxy) is 1. The minimum absolute atomic E-state index is 0.528. The lowest BCUT2D eigenvalue weighted by molar-refractivity contribution is -0.0937. The van der Waals surface area contributed by atoms with Crippen LogP contribution in [-0.2, 0) is 4.74 Å². The molecule has 3 atom stereocenters. The minimum Gasteiger partial charge on any atom is -0.388 e. The molecule has 1 N–H and O–H groups in total. The number of nitrogens with zero attached hydrogens (tertiary/aromatic N) is 1. The molecule has 0 spiro atoms. The molecular formula is C15H25NO2. The van der Waals surface area contributed by atoms with Crippen LogP contribution < -0.4 is 0 Å². The third-order valence-electron chi connectivity index (χ3n) is 5.07. The van der Waals surface area contributed by atoms with E-state index in [1.54, 1.807) is 0 Å². The smallest absolute Gasteiger partial charge is 0.0863 e. The van der Waals surface area contributed by atoms with Gasteiger partial charge in [0.1, 0.15) is 0 Å². The number of rotatable bonds is 2. The highest BCUT2D eigenvalue weighted by Gasteiger charge is 2.52. The molecule has 1 saturated heterocycles. The van der Waals surface area contributed by atoms with Crippen molar-refractivity contribution in [1.29, 1.82) is 5.26 Å². The summed E-state index contributed by atoms with van der Waals surface area (Å²) in [7, 11) is 0. The first kappa shape index (κ1) is 13.8. The Balaban J connectivity index is 2.22. The summed E-state index contributed by atoms with van der Waals surface area (Å²) in [5.41, 5.74) is -1.36. The molecule has 102 valence electrons. The average Bonchev–Trinajstić information content (AvgIpc) is 2.64. The van der Waals surface area contributed by atoms with Crippen molar-refractivity contribution in [2.45, 2.75) is 63.9 Å². The lowest BCUT2D eigenvalue weighted by Crippen LogP contribution is -2.50. The summed E-state index contributed by atoms with van der Waals surface area (Å²) in [4.78, 5) is 0. The van der Waals surface area contributed by atoms with Gasteiger partial charge in [0.05, 0.1) is 17.1 Å². The van der Waals surface area contributed by atoms with E-state index in [9.17, 15) is 10.4 Å². The monoisotopic (exact) mass is 251 g/mol. The maximum absolute atomic E-state index is 11.0. The van der Waals surface area contributed by atoms with Gasteiger partial charge < -0.3 is 9.84 Å². The topological polar surface area (TPSA) is 53.2 Å². The van der Waals surface area contributed by atoms with Crippen LogP contribution in [0.4, 0.5) is 0 Å². The Morgan fingerprint density at radius 1 is 1.28 bits per heavy atom. The van der Waals surface area contributed by atoms with E-state index in [-0.39, 0.29) is 0 Å². The Labute approximate surface area is 110 Å². The highest BCUT2D eigenvalue weighted by Crippen LogP contribution is 2.51. The molecule has 3 nitrogen and oxygen atoms in total. The fraction of sp³-hybridized carbons (Fsp3) is 0.933. The maximum Gasteiger partial charge on any atom is 0.0863 e. The zero-order valence-corrected chi connectivity index (χ0v) is 11.5. The molecule has 3 unspecified atom stereocenters. The second-order valence-electron chi connectivity index (χ2n) is 6.06. The summed E-state index contributed by atoms with van der Waals surface area (Å²) in [5.74, 6) is 0.603. The number of hydrogen-bond acceptors (Lipinski definition) is 3. The van der Waals surface area contributed by atoms with Gasteiger partial charge in [-0.05, 0) is 31.6 Å². The molecule has 2 aliphatic rings. The SMILES string of the molecule is CCC1CCCC(C#N)(C2(O)CCCOCC2)C1. The van der Waals surface area contributed by atoms with E-state index >= 15 is 0 Å². The van der Waals surface area contributed by atoms with Gasteiger partial charge in [0.2, 0.25) is 0 Å². The first-order valence-electron chi connectivity index (χ1n) is 7.37. The van der Waals surface area contributed by atoms with Gasteiger partial charge in [-0.25, -0.2) is 0 Å². The third kappa shape index (κ3) is 2.41. The van der Waals surface area contributed by atoms with E-state index in [1.807, 2.05) is 0 Å². The molecule has 3 heteroatoms. The van der Waals surface area contributed by atoms with E-state index in [2.05, 4.69) is 13.0 Å². The van der Waals surface area contributed by atoms with Crippen molar-refractivity contribution >= 4 is 0 Å². The van der Waals surface area contributed by atoms with Gasteiger partial charge in [-0.1, -0.05) is 26.2 Å². The van der Waals surface area contributed by atoms with Gasteiger partial charge in [-0.3, -0.25) is 0 Å². The lowest BCUT2D eigenvalue weighted by atomic mass is 9.59. The highest BCUT2D eigenvalue weighted by molar-refractivity contribution is 5.13. The van der Waals surface area contributed by atoms with Crippen molar-refractivity contribution in [2.75, 3.05) is 13.2 Å². The second kappa shape index (κ2) is 5.59. The summed E-state index contributed by atoms with van der Waals surface area (Å²) < 4.78 is 5.45. The molecule has 18 heavy (non-hydrogen) atoms. The molecule has 1 heterocycles. The Morgan fingerprint density at radius 3 is 2.83 bits per heavy atom. The molecule has 1 aliphatic heterocycles. The Bertz CT molecular complexity index is 315. The summed E-state index contributed by atoms with van der Waals surface area (Å²) >= 11 is 0. The summed E-state index contributed by atoms with van der Waals surface area (Å²) in [6, 6.07) is 2.51. The molecule has 0 aromatic heterocycles. The molecule has 2 rings (SSSR count). The number of aliphatic hydroxyl groups is 1. The molecule has 0 amide bonds. The van der Waals surface area contributed by atoms with Crippen LogP contribution in [0.5, 0.6) is 0 Å². The van der Waals surface area contributed by atoms with Crippen molar-refractivity contribution < 1.29 is 9.84 Å². The Kier molecular flexibility index (Phi) is 4.29. The van der Waals surface area contributed by atoms with Crippen LogP contribution in [0.1, 0.15) is 58.3 Å². The maximum atomic E-state index is 11.0. The molecule has 0 radical (unpaired) electrons. The number of hydrogen-bond donors (Lipinski definition) is 1. The highest BCUT2D eigenvalue weighted by atomic mass is 16.5. The Hall–Kier alpha value is -0.590. The van der Waals surface area contributed by atoms with Gasteiger partial charge in [-0.15, -0.1) is 0 Å².